The van der Waals surface area contributed by atoms with Gasteiger partial charge in [0.05, 0.1) is 16.0 Å². The Hall–Kier alpha value is -2.44. The van der Waals surface area contributed by atoms with Gasteiger partial charge in [0.1, 0.15) is 0 Å². The van der Waals surface area contributed by atoms with Gasteiger partial charge in [0, 0.05) is 36.9 Å². The molecule has 0 aliphatic carbocycles. The third-order valence-electron chi connectivity index (χ3n) is 4.56. The minimum Gasteiger partial charge on any atom is -0.396 e. The Bertz CT molecular complexity index is 867. The number of pyridine rings is 1. The lowest BCUT2D eigenvalue weighted by Crippen LogP contribution is -2.37. The van der Waals surface area contributed by atoms with Crippen molar-refractivity contribution < 1.29 is 14.7 Å². The van der Waals surface area contributed by atoms with Crippen LogP contribution in [-0.2, 0) is 10.2 Å². The summed E-state index contributed by atoms with van der Waals surface area (Å²) in [4.78, 5) is 30.7. The second-order valence-electron chi connectivity index (χ2n) is 6.70. The van der Waals surface area contributed by atoms with Gasteiger partial charge >= 0.3 is 0 Å². The summed E-state index contributed by atoms with van der Waals surface area (Å²) in [5.74, 6) is -0.357. The van der Waals surface area contributed by atoms with Crippen LogP contribution in [0.5, 0.6) is 0 Å². The summed E-state index contributed by atoms with van der Waals surface area (Å²) in [6, 6.07) is 6.96. The molecule has 2 heterocycles. The molecule has 0 unspecified atom stereocenters. The number of hydrogen-bond acceptors (Lipinski definition) is 4. The van der Waals surface area contributed by atoms with E-state index in [2.05, 4.69) is 10.3 Å². The number of carbonyl (C=O) groups excluding carboxylic acids is 2. The topological polar surface area (TPSA) is 82.5 Å². The summed E-state index contributed by atoms with van der Waals surface area (Å²) >= 11 is 6.02. The van der Waals surface area contributed by atoms with Gasteiger partial charge in [0.25, 0.3) is 5.91 Å². The van der Waals surface area contributed by atoms with E-state index in [1.54, 1.807) is 23.1 Å². The number of hydrogen-bond donors (Lipinski definition) is 2. The number of carbonyl (C=O) groups is 2. The molecule has 1 aromatic heterocycles. The van der Waals surface area contributed by atoms with Gasteiger partial charge in [-0.3, -0.25) is 14.6 Å². The molecule has 0 saturated carbocycles. The van der Waals surface area contributed by atoms with Gasteiger partial charge in [-0.25, -0.2) is 0 Å². The third kappa shape index (κ3) is 3.18. The zero-order valence-electron chi connectivity index (χ0n) is 14.6. The molecule has 0 saturated heterocycles. The molecule has 1 aromatic carbocycles. The van der Waals surface area contributed by atoms with Crippen LogP contribution in [0.2, 0.25) is 5.02 Å². The maximum absolute atomic E-state index is 12.7. The number of nitrogens with one attached hydrogen (secondary N) is 1. The number of aliphatic hydroxyl groups is 1. The van der Waals surface area contributed by atoms with E-state index in [1.807, 2.05) is 19.9 Å². The van der Waals surface area contributed by atoms with Gasteiger partial charge in [-0.2, -0.15) is 0 Å². The largest absolute Gasteiger partial charge is 0.396 e. The van der Waals surface area contributed by atoms with E-state index in [0.29, 0.717) is 24.2 Å². The minimum atomic E-state index is -0.637. The van der Waals surface area contributed by atoms with Gasteiger partial charge in [-0.15, -0.1) is 0 Å². The third-order valence-corrected chi connectivity index (χ3v) is 4.86. The molecule has 136 valence electrons. The molecule has 2 aromatic rings. The first kappa shape index (κ1) is 18.4. The average Bonchev–Trinajstić information content (AvgIpc) is 2.80. The molecule has 2 N–H and O–H groups in total. The summed E-state index contributed by atoms with van der Waals surface area (Å²) in [6.45, 7) is 4.19. The van der Waals surface area contributed by atoms with Crippen LogP contribution in [-0.4, -0.2) is 35.1 Å². The smallest absolute Gasteiger partial charge is 0.257 e. The van der Waals surface area contributed by atoms with Crippen molar-refractivity contribution in [3.63, 3.8) is 0 Å². The fourth-order valence-corrected chi connectivity index (χ4v) is 3.34. The standard InChI is InChI=1S/C19H20ClN3O3/c1-19(2)14-5-4-12(10-16(14)23(18(19)26)8-3-9-24)22-17(25)13-6-7-21-11-15(13)20/h4-7,10-11,24H,3,8-9H2,1-2H3,(H,22,25). The highest BCUT2D eigenvalue weighted by molar-refractivity contribution is 6.34. The van der Waals surface area contributed by atoms with Crippen molar-refractivity contribution in [3.8, 4) is 0 Å². The number of fused-ring (bicyclic) bond motifs is 1. The maximum atomic E-state index is 12.7. The summed E-state index contributed by atoms with van der Waals surface area (Å²) in [5.41, 5.74) is 1.92. The lowest BCUT2D eigenvalue weighted by Gasteiger charge is -2.20. The van der Waals surface area contributed by atoms with Crippen molar-refractivity contribution in [1.29, 1.82) is 0 Å². The van der Waals surface area contributed by atoms with Crippen LogP contribution in [0, 0.1) is 0 Å². The van der Waals surface area contributed by atoms with E-state index in [9.17, 15) is 9.59 Å². The van der Waals surface area contributed by atoms with E-state index in [1.165, 1.54) is 12.4 Å². The van der Waals surface area contributed by atoms with Crippen molar-refractivity contribution in [2.24, 2.45) is 0 Å². The Morgan fingerprint density at radius 1 is 1.35 bits per heavy atom. The van der Waals surface area contributed by atoms with E-state index in [0.717, 1.165) is 11.3 Å². The van der Waals surface area contributed by atoms with Gasteiger partial charge < -0.3 is 15.3 Å². The number of aromatic nitrogens is 1. The lowest BCUT2D eigenvalue weighted by atomic mass is 9.86. The second kappa shape index (κ2) is 7.05. The highest BCUT2D eigenvalue weighted by Crippen LogP contribution is 2.42. The molecule has 2 amide bonds. The normalized spacial score (nSPS) is 15.1. The molecule has 26 heavy (non-hydrogen) atoms. The Labute approximate surface area is 156 Å². The number of halogens is 1. The van der Waals surface area contributed by atoms with Crippen molar-refractivity contribution in [1.82, 2.24) is 4.98 Å². The molecule has 0 bridgehead atoms. The quantitative estimate of drug-likeness (QED) is 0.844. The Morgan fingerprint density at radius 2 is 2.12 bits per heavy atom. The van der Waals surface area contributed by atoms with Gasteiger partial charge in [-0.1, -0.05) is 17.7 Å². The van der Waals surface area contributed by atoms with Crippen LogP contribution >= 0.6 is 11.6 Å². The van der Waals surface area contributed by atoms with Crippen LogP contribution in [0.15, 0.2) is 36.7 Å². The fourth-order valence-electron chi connectivity index (χ4n) is 3.13. The number of aliphatic hydroxyl groups excluding tert-OH is 1. The van der Waals surface area contributed by atoms with E-state index in [-0.39, 0.29) is 23.4 Å². The van der Waals surface area contributed by atoms with Crippen LogP contribution in [0.25, 0.3) is 0 Å². The molecule has 0 fully saturated rings. The van der Waals surface area contributed by atoms with E-state index >= 15 is 0 Å². The first-order valence-electron chi connectivity index (χ1n) is 8.34. The number of benzene rings is 1. The summed E-state index contributed by atoms with van der Waals surface area (Å²) in [7, 11) is 0. The zero-order chi connectivity index (χ0) is 18.9. The first-order chi connectivity index (χ1) is 12.4. The SMILES string of the molecule is CC1(C)C(=O)N(CCCO)c2cc(NC(=O)c3ccncc3Cl)ccc21. The highest BCUT2D eigenvalue weighted by atomic mass is 35.5. The molecule has 6 nitrogen and oxygen atoms in total. The van der Waals surface area contributed by atoms with Gasteiger partial charge in [0.15, 0.2) is 0 Å². The molecular formula is C19H20ClN3O3. The zero-order valence-corrected chi connectivity index (χ0v) is 15.4. The van der Waals surface area contributed by atoms with Crippen LogP contribution < -0.4 is 10.2 Å². The van der Waals surface area contributed by atoms with Crippen LogP contribution in [0.4, 0.5) is 11.4 Å². The molecule has 1 aliphatic rings. The van der Waals surface area contributed by atoms with E-state index in [4.69, 9.17) is 16.7 Å². The molecule has 1 aliphatic heterocycles. The van der Waals surface area contributed by atoms with Crippen LogP contribution in [0.3, 0.4) is 0 Å². The Balaban J connectivity index is 1.91. The lowest BCUT2D eigenvalue weighted by molar-refractivity contribution is -0.122. The summed E-state index contributed by atoms with van der Waals surface area (Å²) in [6.07, 6.45) is 3.41. The molecular weight excluding hydrogens is 354 g/mol. The van der Waals surface area contributed by atoms with Crippen molar-refractivity contribution >= 4 is 34.8 Å². The maximum Gasteiger partial charge on any atom is 0.257 e. The number of anilines is 2. The predicted molar refractivity (Wildman–Crippen MR) is 101 cm³/mol. The van der Waals surface area contributed by atoms with Crippen molar-refractivity contribution in [2.75, 3.05) is 23.4 Å². The summed E-state index contributed by atoms with van der Waals surface area (Å²) in [5, 5.41) is 12.2. The monoisotopic (exact) mass is 373 g/mol. The van der Waals surface area contributed by atoms with Gasteiger partial charge in [0.2, 0.25) is 5.91 Å². The molecule has 0 radical (unpaired) electrons. The van der Waals surface area contributed by atoms with Crippen molar-refractivity contribution in [3.05, 3.63) is 52.8 Å². The second-order valence-corrected chi connectivity index (χ2v) is 7.11. The molecule has 0 spiro atoms. The number of rotatable bonds is 5. The van der Waals surface area contributed by atoms with Crippen molar-refractivity contribution in [2.45, 2.75) is 25.7 Å². The molecule has 0 atom stereocenters. The Morgan fingerprint density at radius 3 is 2.81 bits per heavy atom. The fraction of sp³-hybridized carbons (Fsp3) is 0.316. The molecule has 7 heteroatoms. The van der Waals surface area contributed by atoms with Gasteiger partial charge in [-0.05, 0) is 44.0 Å². The molecule has 3 rings (SSSR count). The predicted octanol–water partition coefficient (Wildman–Crippen LogP) is 2.99. The van der Waals surface area contributed by atoms with Crippen LogP contribution in [0.1, 0.15) is 36.2 Å². The number of nitrogens with zero attached hydrogens (tertiary/aromatic N) is 2. The summed E-state index contributed by atoms with van der Waals surface area (Å²) < 4.78 is 0. The Kier molecular flexibility index (Phi) is 4.98. The first-order valence-corrected chi connectivity index (χ1v) is 8.72. The highest BCUT2D eigenvalue weighted by Gasteiger charge is 2.43. The minimum absolute atomic E-state index is 0.0104. The number of amides is 2. The average molecular weight is 374 g/mol. The van der Waals surface area contributed by atoms with E-state index < -0.39 is 5.41 Å².